The number of halogens is 1. The van der Waals surface area contributed by atoms with Crippen LogP contribution in [0.15, 0.2) is 24.3 Å². The molecule has 0 saturated carbocycles. The van der Waals surface area contributed by atoms with E-state index in [1.165, 1.54) is 4.90 Å². The van der Waals surface area contributed by atoms with Gasteiger partial charge in [0.25, 0.3) is 0 Å². The monoisotopic (exact) mass is 337 g/mol. The van der Waals surface area contributed by atoms with Crippen LogP contribution in [-0.4, -0.2) is 35.7 Å². The maximum absolute atomic E-state index is 12.0. The van der Waals surface area contributed by atoms with Crippen LogP contribution in [0.25, 0.3) is 0 Å². The highest BCUT2D eigenvalue weighted by molar-refractivity contribution is 6.01. The molecule has 1 aromatic carbocycles. The minimum absolute atomic E-state index is 0. The van der Waals surface area contributed by atoms with Crippen molar-refractivity contribution >= 4 is 35.8 Å². The number of nitrogens with one attached hydrogen (secondary N) is 2. The summed E-state index contributed by atoms with van der Waals surface area (Å²) in [6.45, 7) is 1.91. The molecule has 3 rings (SSSR count). The van der Waals surface area contributed by atoms with Gasteiger partial charge in [-0.2, -0.15) is 0 Å². The van der Waals surface area contributed by atoms with Gasteiger partial charge < -0.3 is 10.6 Å². The molecule has 0 aliphatic carbocycles. The second-order valence-corrected chi connectivity index (χ2v) is 5.75. The zero-order valence-electron chi connectivity index (χ0n) is 12.7. The molecule has 0 radical (unpaired) electrons. The molecule has 0 spiro atoms. The average Bonchev–Trinajstić information content (AvgIpc) is 3.15. The van der Waals surface area contributed by atoms with E-state index in [1.54, 1.807) is 12.1 Å². The Hall–Kier alpha value is -1.92. The van der Waals surface area contributed by atoms with Crippen LogP contribution in [0.3, 0.4) is 0 Å². The topological polar surface area (TPSA) is 78.5 Å². The van der Waals surface area contributed by atoms with E-state index in [1.807, 2.05) is 12.1 Å². The summed E-state index contributed by atoms with van der Waals surface area (Å²) in [7, 11) is 0. The summed E-state index contributed by atoms with van der Waals surface area (Å²) < 4.78 is 0. The van der Waals surface area contributed by atoms with Crippen LogP contribution in [0.1, 0.15) is 24.8 Å². The van der Waals surface area contributed by atoms with Crippen molar-refractivity contribution in [3.05, 3.63) is 29.8 Å². The largest absolute Gasteiger partial charge is 0.326 e. The smallest absolute Gasteiger partial charge is 0.229 e. The van der Waals surface area contributed by atoms with Crippen LogP contribution in [0, 0.1) is 5.92 Å². The molecular weight excluding hydrogens is 318 g/mol. The Morgan fingerprint density at radius 2 is 1.83 bits per heavy atom. The predicted octanol–water partition coefficient (Wildman–Crippen LogP) is 1.31. The van der Waals surface area contributed by atoms with Gasteiger partial charge in [0, 0.05) is 25.1 Å². The fourth-order valence-corrected chi connectivity index (χ4v) is 2.80. The molecule has 2 saturated heterocycles. The third-order valence-electron chi connectivity index (χ3n) is 4.15. The highest BCUT2D eigenvalue weighted by Gasteiger charge is 2.28. The Balaban J connectivity index is 0.00000192. The molecule has 2 aliphatic rings. The number of carbonyl (C=O) groups excluding carboxylic acids is 3. The summed E-state index contributed by atoms with van der Waals surface area (Å²) in [6, 6.07) is 7.28. The number of benzene rings is 1. The molecule has 2 N–H and O–H groups in total. The first-order valence-corrected chi connectivity index (χ1v) is 7.57. The van der Waals surface area contributed by atoms with E-state index in [4.69, 9.17) is 0 Å². The standard InChI is InChI=1S/C16H19N3O3.ClH/c20-14-5-6-15(21)19(14)10-11-1-3-13(4-2-11)18-16(22)12-7-8-17-9-12;/h1-4,12,17H,5-10H2,(H,18,22);1H. The summed E-state index contributed by atoms with van der Waals surface area (Å²) in [4.78, 5) is 36.5. The summed E-state index contributed by atoms with van der Waals surface area (Å²) >= 11 is 0. The Morgan fingerprint density at radius 1 is 1.17 bits per heavy atom. The third-order valence-corrected chi connectivity index (χ3v) is 4.15. The highest BCUT2D eigenvalue weighted by Crippen LogP contribution is 2.18. The molecule has 1 unspecified atom stereocenters. The lowest BCUT2D eigenvalue weighted by atomic mass is 10.1. The predicted molar refractivity (Wildman–Crippen MR) is 88.1 cm³/mol. The summed E-state index contributed by atoms with van der Waals surface area (Å²) in [5.41, 5.74) is 1.61. The molecule has 124 valence electrons. The first-order chi connectivity index (χ1) is 10.6. The van der Waals surface area contributed by atoms with Crippen LogP contribution in [0.5, 0.6) is 0 Å². The molecule has 2 heterocycles. The Labute approximate surface area is 141 Å². The fraction of sp³-hybridized carbons (Fsp3) is 0.438. The fourth-order valence-electron chi connectivity index (χ4n) is 2.80. The van der Waals surface area contributed by atoms with Crippen LogP contribution < -0.4 is 10.6 Å². The molecule has 0 bridgehead atoms. The minimum Gasteiger partial charge on any atom is -0.326 e. The van der Waals surface area contributed by atoms with E-state index in [0.29, 0.717) is 19.4 Å². The maximum atomic E-state index is 12.0. The number of hydrogen-bond acceptors (Lipinski definition) is 4. The lowest BCUT2D eigenvalue weighted by Gasteiger charge is -2.14. The van der Waals surface area contributed by atoms with E-state index in [0.717, 1.165) is 30.8 Å². The molecular formula is C16H20ClN3O3. The van der Waals surface area contributed by atoms with Crippen LogP contribution >= 0.6 is 12.4 Å². The van der Waals surface area contributed by atoms with Crippen molar-refractivity contribution in [2.45, 2.75) is 25.8 Å². The zero-order valence-corrected chi connectivity index (χ0v) is 13.5. The summed E-state index contributed by atoms with van der Waals surface area (Å²) in [5.74, 6) is -0.172. The van der Waals surface area contributed by atoms with Crippen molar-refractivity contribution in [1.82, 2.24) is 10.2 Å². The second kappa shape index (κ2) is 7.57. The van der Waals surface area contributed by atoms with E-state index in [-0.39, 0.29) is 36.0 Å². The van der Waals surface area contributed by atoms with Crippen molar-refractivity contribution in [3.63, 3.8) is 0 Å². The number of likely N-dealkylation sites (tertiary alicyclic amines) is 1. The van der Waals surface area contributed by atoms with E-state index >= 15 is 0 Å². The summed E-state index contributed by atoms with van der Waals surface area (Å²) in [6.07, 6.45) is 1.48. The molecule has 1 atom stereocenters. The van der Waals surface area contributed by atoms with Gasteiger partial charge in [-0.15, -0.1) is 12.4 Å². The Morgan fingerprint density at radius 3 is 2.39 bits per heavy atom. The number of rotatable bonds is 4. The van der Waals surface area contributed by atoms with Crippen molar-refractivity contribution in [3.8, 4) is 0 Å². The molecule has 1 aromatic rings. The van der Waals surface area contributed by atoms with Gasteiger partial charge in [-0.1, -0.05) is 12.1 Å². The lowest BCUT2D eigenvalue weighted by Crippen LogP contribution is -2.28. The van der Waals surface area contributed by atoms with Gasteiger partial charge in [-0.25, -0.2) is 0 Å². The number of nitrogens with zero attached hydrogens (tertiary/aromatic N) is 1. The molecule has 3 amide bonds. The Kier molecular flexibility index (Phi) is 5.74. The Bertz CT molecular complexity index is 581. The minimum atomic E-state index is -0.115. The molecule has 6 nitrogen and oxygen atoms in total. The summed E-state index contributed by atoms with van der Waals surface area (Å²) in [5, 5.41) is 6.06. The maximum Gasteiger partial charge on any atom is 0.229 e. The van der Waals surface area contributed by atoms with Crippen molar-refractivity contribution in [2.75, 3.05) is 18.4 Å². The van der Waals surface area contributed by atoms with Gasteiger partial charge >= 0.3 is 0 Å². The SMILES string of the molecule is Cl.O=C(Nc1ccc(CN2C(=O)CCC2=O)cc1)C1CCNC1. The van der Waals surface area contributed by atoms with Crippen molar-refractivity contribution < 1.29 is 14.4 Å². The van der Waals surface area contributed by atoms with Gasteiger partial charge in [0.05, 0.1) is 12.5 Å². The number of amides is 3. The van der Waals surface area contributed by atoms with E-state index in [2.05, 4.69) is 10.6 Å². The average molecular weight is 338 g/mol. The molecule has 2 aliphatic heterocycles. The molecule has 2 fully saturated rings. The van der Waals surface area contributed by atoms with Gasteiger partial charge in [0.1, 0.15) is 0 Å². The molecule has 7 heteroatoms. The number of carbonyl (C=O) groups is 3. The third kappa shape index (κ3) is 4.09. The first-order valence-electron chi connectivity index (χ1n) is 7.57. The second-order valence-electron chi connectivity index (χ2n) is 5.75. The molecule has 0 aromatic heterocycles. The normalized spacial score (nSPS) is 20.5. The van der Waals surface area contributed by atoms with Crippen molar-refractivity contribution in [1.29, 1.82) is 0 Å². The zero-order chi connectivity index (χ0) is 15.5. The number of imide groups is 1. The quantitative estimate of drug-likeness (QED) is 0.812. The van der Waals surface area contributed by atoms with Gasteiger partial charge in [-0.3, -0.25) is 19.3 Å². The van der Waals surface area contributed by atoms with Gasteiger partial charge in [-0.05, 0) is 30.7 Å². The lowest BCUT2D eigenvalue weighted by molar-refractivity contribution is -0.139. The first kappa shape index (κ1) is 17.4. The van der Waals surface area contributed by atoms with Gasteiger partial charge in [0.2, 0.25) is 17.7 Å². The highest BCUT2D eigenvalue weighted by atomic mass is 35.5. The van der Waals surface area contributed by atoms with E-state index in [9.17, 15) is 14.4 Å². The number of anilines is 1. The van der Waals surface area contributed by atoms with Crippen LogP contribution in [0.4, 0.5) is 5.69 Å². The van der Waals surface area contributed by atoms with Gasteiger partial charge in [0.15, 0.2) is 0 Å². The van der Waals surface area contributed by atoms with Crippen LogP contribution in [-0.2, 0) is 20.9 Å². The molecule has 23 heavy (non-hydrogen) atoms. The van der Waals surface area contributed by atoms with Crippen molar-refractivity contribution in [2.24, 2.45) is 5.92 Å². The van der Waals surface area contributed by atoms with E-state index < -0.39 is 0 Å². The van der Waals surface area contributed by atoms with Crippen LogP contribution in [0.2, 0.25) is 0 Å². The number of hydrogen-bond donors (Lipinski definition) is 2.